The summed E-state index contributed by atoms with van der Waals surface area (Å²) >= 11 is 0. The third-order valence-corrected chi connectivity index (χ3v) is 2.47. The molecule has 1 amide bonds. The van der Waals surface area contributed by atoms with E-state index in [-0.39, 0.29) is 5.84 Å². The Kier molecular flexibility index (Phi) is 2.53. The van der Waals surface area contributed by atoms with Crippen molar-refractivity contribution in [1.82, 2.24) is 4.90 Å². The number of aliphatic imine (C=N–C) groups is 2. The second-order valence-electron chi connectivity index (χ2n) is 3.48. The van der Waals surface area contributed by atoms with Gasteiger partial charge in [0.15, 0.2) is 0 Å². The molecule has 2 heterocycles. The van der Waals surface area contributed by atoms with E-state index >= 15 is 0 Å². The maximum atomic E-state index is 12.9. The summed E-state index contributed by atoms with van der Waals surface area (Å²) in [6.45, 7) is 0. The number of fused-ring (bicyclic) bond motifs is 1. The third-order valence-electron chi connectivity index (χ3n) is 2.47. The van der Waals surface area contributed by atoms with Gasteiger partial charge in [-0.15, -0.1) is 0 Å². The molecule has 0 aromatic heterocycles. The highest BCUT2D eigenvalue weighted by atomic mass is 19.4. The second kappa shape index (κ2) is 3.66. The van der Waals surface area contributed by atoms with E-state index in [9.17, 15) is 18.0 Å². The van der Waals surface area contributed by atoms with E-state index in [1.807, 2.05) is 0 Å². The largest absolute Gasteiger partial charge is 0.439 e. The Balaban J connectivity index is 2.49. The van der Waals surface area contributed by atoms with Gasteiger partial charge in [0.2, 0.25) is 5.91 Å². The van der Waals surface area contributed by atoms with E-state index in [1.54, 1.807) is 0 Å². The lowest BCUT2D eigenvalue weighted by Gasteiger charge is -2.36. The summed E-state index contributed by atoms with van der Waals surface area (Å²) in [5, 5.41) is 0. The Morgan fingerprint density at radius 1 is 1.53 bits per heavy atom. The van der Waals surface area contributed by atoms with Crippen molar-refractivity contribution in [2.75, 3.05) is 7.11 Å². The minimum Gasteiger partial charge on any atom is -0.349 e. The van der Waals surface area contributed by atoms with Crippen molar-refractivity contribution in [2.45, 2.75) is 18.3 Å². The van der Waals surface area contributed by atoms with E-state index in [1.165, 1.54) is 12.3 Å². The van der Waals surface area contributed by atoms with Crippen molar-refractivity contribution in [2.24, 2.45) is 9.98 Å². The summed E-state index contributed by atoms with van der Waals surface area (Å²) in [5.41, 5.74) is -2.80. The molecule has 2 aliphatic rings. The fourth-order valence-corrected chi connectivity index (χ4v) is 1.55. The van der Waals surface area contributed by atoms with Gasteiger partial charge in [0.05, 0.1) is 6.42 Å². The van der Waals surface area contributed by atoms with Gasteiger partial charge in [-0.1, -0.05) is 0 Å². The van der Waals surface area contributed by atoms with Gasteiger partial charge in [0.1, 0.15) is 12.2 Å². The summed E-state index contributed by atoms with van der Waals surface area (Å²) in [5.74, 6) is -0.891. The highest BCUT2D eigenvalue weighted by Crippen LogP contribution is 2.40. The van der Waals surface area contributed by atoms with Crippen molar-refractivity contribution < 1.29 is 22.7 Å². The van der Waals surface area contributed by atoms with Gasteiger partial charge >= 0.3 is 6.18 Å². The molecular formula is C9H8F3N3O2. The fourth-order valence-electron chi connectivity index (χ4n) is 1.55. The highest BCUT2D eigenvalue weighted by Gasteiger charge is 2.59. The molecule has 0 radical (unpaired) electrons. The number of rotatable bonds is 1. The predicted octanol–water partition coefficient (Wildman–Crippen LogP) is 1.08. The SMILES string of the molecule is COC1(C(F)(F)F)CC(=O)N2C=NC=CC2=N1. The normalized spacial score (nSPS) is 28.1. The van der Waals surface area contributed by atoms with Crippen LogP contribution in [0.25, 0.3) is 0 Å². The Hall–Kier alpha value is -1.70. The van der Waals surface area contributed by atoms with Crippen LogP contribution < -0.4 is 0 Å². The van der Waals surface area contributed by atoms with E-state index in [2.05, 4.69) is 14.7 Å². The number of hydrogen-bond donors (Lipinski definition) is 0. The number of hydrogen-bond acceptors (Lipinski definition) is 4. The zero-order chi connectivity index (χ0) is 12.7. The molecule has 0 N–H and O–H groups in total. The fraction of sp³-hybridized carbons (Fsp3) is 0.444. The molecule has 5 nitrogen and oxygen atoms in total. The van der Waals surface area contributed by atoms with Gasteiger partial charge in [-0.25, -0.2) is 9.98 Å². The number of carbonyl (C=O) groups excluding carboxylic acids is 1. The van der Waals surface area contributed by atoms with Crippen LogP contribution in [-0.2, 0) is 9.53 Å². The van der Waals surface area contributed by atoms with Crippen LogP contribution in [0.15, 0.2) is 22.3 Å². The quantitative estimate of drug-likeness (QED) is 0.696. The van der Waals surface area contributed by atoms with Gasteiger partial charge in [-0.3, -0.25) is 9.69 Å². The number of carbonyl (C=O) groups is 1. The Bertz CT molecular complexity index is 441. The van der Waals surface area contributed by atoms with Crippen LogP contribution in [0.3, 0.4) is 0 Å². The lowest BCUT2D eigenvalue weighted by molar-refractivity contribution is -0.269. The van der Waals surface area contributed by atoms with Crippen molar-refractivity contribution in [3.8, 4) is 0 Å². The third kappa shape index (κ3) is 1.74. The number of amidine groups is 1. The molecule has 0 spiro atoms. The lowest BCUT2D eigenvalue weighted by atomic mass is 10.1. The Morgan fingerprint density at radius 3 is 2.82 bits per heavy atom. The van der Waals surface area contributed by atoms with E-state index in [4.69, 9.17) is 0 Å². The Labute approximate surface area is 94.3 Å². The Morgan fingerprint density at radius 2 is 2.24 bits per heavy atom. The van der Waals surface area contributed by atoms with Gasteiger partial charge in [0, 0.05) is 13.3 Å². The van der Waals surface area contributed by atoms with Crippen molar-refractivity contribution in [3.05, 3.63) is 12.3 Å². The topological polar surface area (TPSA) is 54.3 Å². The molecule has 0 aliphatic carbocycles. The zero-order valence-corrected chi connectivity index (χ0v) is 8.73. The van der Waals surface area contributed by atoms with Crippen molar-refractivity contribution in [3.63, 3.8) is 0 Å². The minimum absolute atomic E-state index is 0.129. The zero-order valence-electron chi connectivity index (χ0n) is 8.73. The average Bonchev–Trinajstić information content (AvgIpc) is 2.27. The van der Waals surface area contributed by atoms with Crippen LogP contribution in [0.2, 0.25) is 0 Å². The van der Waals surface area contributed by atoms with Crippen LogP contribution in [0.1, 0.15) is 6.42 Å². The van der Waals surface area contributed by atoms with Crippen LogP contribution >= 0.6 is 0 Å². The molecule has 0 aromatic rings. The monoisotopic (exact) mass is 247 g/mol. The molecule has 0 bridgehead atoms. The molecule has 8 heteroatoms. The van der Waals surface area contributed by atoms with E-state index in [0.717, 1.165) is 18.3 Å². The summed E-state index contributed by atoms with van der Waals surface area (Å²) < 4.78 is 43.0. The number of amides is 1. The van der Waals surface area contributed by atoms with Crippen LogP contribution in [0.5, 0.6) is 0 Å². The smallest absolute Gasteiger partial charge is 0.349 e. The molecule has 0 aromatic carbocycles. The molecule has 1 atom stereocenters. The van der Waals surface area contributed by atoms with Crippen LogP contribution in [0.4, 0.5) is 13.2 Å². The standard InChI is InChI=1S/C9H8F3N3O2/c1-17-8(9(10,11)12)4-7(16)15-5-13-3-2-6(15)14-8/h2-3,5H,4H2,1H3. The average molecular weight is 247 g/mol. The van der Waals surface area contributed by atoms with E-state index < -0.39 is 24.2 Å². The molecule has 0 saturated heterocycles. The first-order valence-electron chi connectivity index (χ1n) is 4.63. The van der Waals surface area contributed by atoms with Gasteiger partial charge in [0.25, 0.3) is 5.72 Å². The summed E-state index contributed by atoms with van der Waals surface area (Å²) in [6.07, 6.45) is -2.05. The van der Waals surface area contributed by atoms with Gasteiger partial charge < -0.3 is 4.74 Å². The molecular weight excluding hydrogens is 239 g/mol. The molecule has 0 saturated carbocycles. The molecule has 0 fully saturated rings. The first-order chi connectivity index (χ1) is 7.89. The predicted molar refractivity (Wildman–Crippen MR) is 52.3 cm³/mol. The van der Waals surface area contributed by atoms with E-state index in [0.29, 0.717) is 0 Å². The second-order valence-corrected chi connectivity index (χ2v) is 3.48. The first-order valence-corrected chi connectivity index (χ1v) is 4.63. The van der Waals surface area contributed by atoms with Crippen molar-refractivity contribution in [1.29, 1.82) is 0 Å². The summed E-state index contributed by atoms with van der Waals surface area (Å²) in [6, 6.07) is 0. The molecule has 1 unspecified atom stereocenters. The number of nitrogens with zero attached hydrogens (tertiary/aromatic N) is 3. The first kappa shape index (κ1) is 11.8. The maximum absolute atomic E-state index is 12.9. The highest BCUT2D eigenvalue weighted by molar-refractivity contribution is 6.15. The number of methoxy groups -OCH3 is 1. The number of halogens is 3. The van der Waals surface area contributed by atoms with Crippen LogP contribution in [-0.4, -0.2) is 42.0 Å². The molecule has 2 rings (SSSR count). The maximum Gasteiger partial charge on any atom is 0.439 e. The summed E-state index contributed by atoms with van der Waals surface area (Å²) in [4.78, 5) is 19.7. The van der Waals surface area contributed by atoms with Crippen molar-refractivity contribution >= 4 is 18.1 Å². The van der Waals surface area contributed by atoms with Gasteiger partial charge in [-0.05, 0) is 6.08 Å². The number of alkyl halides is 3. The molecule has 92 valence electrons. The molecule has 2 aliphatic heterocycles. The van der Waals surface area contributed by atoms with Crippen LogP contribution in [0, 0.1) is 0 Å². The molecule has 17 heavy (non-hydrogen) atoms. The van der Waals surface area contributed by atoms with Gasteiger partial charge in [-0.2, -0.15) is 13.2 Å². The lowest BCUT2D eigenvalue weighted by Crippen LogP contribution is -2.55. The number of ether oxygens (including phenoxy) is 1. The summed E-state index contributed by atoms with van der Waals surface area (Å²) in [7, 11) is 0.876. The minimum atomic E-state index is -4.75.